The van der Waals surface area contributed by atoms with Crippen LogP contribution < -0.4 is 14.8 Å². The van der Waals surface area contributed by atoms with Crippen molar-refractivity contribution in [2.24, 2.45) is 0 Å². The van der Waals surface area contributed by atoms with Crippen LogP contribution in [0.25, 0.3) is 22.4 Å². The normalized spacial score (nSPS) is 12.5. The van der Waals surface area contributed by atoms with E-state index in [9.17, 15) is 14.9 Å². The Morgan fingerprint density at radius 2 is 1.77 bits per heavy atom. The Labute approximate surface area is 175 Å². The molecule has 2 N–H and O–H groups in total. The summed E-state index contributed by atoms with van der Waals surface area (Å²) < 4.78 is 11.2. The van der Waals surface area contributed by atoms with Gasteiger partial charge in [0.2, 0.25) is 0 Å². The maximum Gasteiger partial charge on any atom is 0.269 e. The third-order valence-electron chi connectivity index (χ3n) is 4.88. The minimum absolute atomic E-state index is 0.0686. The highest BCUT2D eigenvalue weighted by Crippen LogP contribution is 2.35. The van der Waals surface area contributed by atoms with Crippen molar-refractivity contribution >= 4 is 28.3 Å². The Bertz CT molecular complexity index is 1270. The van der Waals surface area contributed by atoms with E-state index in [1.807, 2.05) is 24.3 Å². The third kappa shape index (κ3) is 3.64. The number of nitro benzene ring substituents is 1. The molecule has 154 valence electrons. The number of amides is 1. The molecular weight excluding hydrogens is 400 g/mol. The maximum atomic E-state index is 12.5. The van der Waals surface area contributed by atoms with Crippen LogP contribution in [0.4, 0.5) is 11.4 Å². The van der Waals surface area contributed by atoms with Gasteiger partial charge in [0.1, 0.15) is 19.0 Å². The molecule has 1 aliphatic heterocycles. The highest BCUT2D eigenvalue weighted by Gasteiger charge is 2.16. The second kappa shape index (κ2) is 7.45. The van der Waals surface area contributed by atoms with Gasteiger partial charge in [0.15, 0.2) is 11.5 Å². The molecule has 0 unspecified atom stereocenters. The van der Waals surface area contributed by atoms with Crippen LogP contribution in [0.5, 0.6) is 11.5 Å². The van der Waals surface area contributed by atoms with E-state index in [0.717, 1.165) is 16.6 Å². The highest BCUT2D eigenvalue weighted by atomic mass is 16.6. The number of aromatic nitrogens is 2. The fourth-order valence-corrected chi connectivity index (χ4v) is 3.37. The quantitative estimate of drug-likeness (QED) is 0.381. The van der Waals surface area contributed by atoms with Gasteiger partial charge in [0.25, 0.3) is 11.6 Å². The van der Waals surface area contributed by atoms with Crippen LogP contribution in [-0.4, -0.2) is 34.0 Å². The molecule has 0 spiro atoms. The summed E-state index contributed by atoms with van der Waals surface area (Å²) in [6.07, 6.45) is 0. The number of non-ortho nitro benzene ring substituents is 1. The number of nitrogens with zero attached hydrogens (tertiary/aromatic N) is 2. The average Bonchev–Trinajstić information content (AvgIpc) is 3.20. The van der Waals surface area contributed by atoms with Crippen molar-refractivity contribution in [1.82, 2.24) is 9.97 Å². The summed E-state index contributed by atoms with van der Waals surface area (Å²) in [6, 6.07) is 16.4. The molecule has 9 nitrogen and oxygen atoms in total. The summed E-state index contributed by atoms with van der Waals surface area (Å²) in [6.45, 7) is 1.02. The number of carbonyl (C=O) groups excluding carboxylic acids is 1. The van der Waals surface area contributed by atoms with E-state index < -0.39 is 4.92 Å². The van der Waals surface area contributed by atoms with Gasteiger partial charge in [-0.25, -0.2) is 4.98 Å². The number of anilines is 1. The standard InChI is InChI=1S/C22H16N4O5/c27-22(13-4-6-16(7-5-13)26(28)29)23-15-3-1-2-14(10-15)21-24-17-11-19-20(12-18(17)25-21)31-9-8-30-19/h1-7,10-12H,8-9H2,(H,23,27)(H,24,25). The number of hydrogen-bond donors (Lipinski definition) is 2. The summed E-state index contributed by atoms with van der Waals surface area (Å²) in [5.41, 5.74) is 3.19. The zero-order valence-electron chi connectivity index (χ0n) is 16.1. The Kier molecular flexibility index (Phi) is 4.47. The number of carbonyl (C=O) groups is 1. The highest BCUT2D eigenvalue weighted by molar-refractivity contribution is 6.04. The molecule has 1 aromatic heterocycles. The molecule has 9 heteroatoms. The van der Waals surface area contributed by atoms with Crippen molar-refractivity contribution in [2.45, 2.75) is 0 Å². The molecule has 0 aliphatic carbocycles. The van der Waals surface area contributed by atoms with Gasteiger partial charge in [-0.1, -0.05) is 12.1 Å². The molecule has 0 bridgehead atoms. The molecule has 5 rings (SSSR count). The molecule has 2 heterocycles. The van der Waals surface area contributed by atoms with Crippen LogP contribution in [-0.2, 0) is 0 Å². The molecule has 0 saturated heterocycles. The number of benzene rings is 3. The van der Waals surface area contributed by atoms with Crippen LogP contribution >= 0.6 is 0 Å². The number of H-pyrrole nitrogens is 1. The lowest BCUT2D eigenvalue weighted by Gasteiger charge is -2.17. The Hall–Kier alpha value is -4.40. The molecule has 0 saturated carbocycles. The summed E-state index contributed by atoms with van der Waals surface area (Å²) in [7, 11) is 0. The topological polar surface area (TPSA) is 119 Å². The SMILES string of the molecule is O=C(Nc1cccc(-c2nc3cc4c(cc3[nH]2)OCCO4)c1)c1ccc([N+](=O)[O-])cc1. The van der Waals surface area contributed by atoms with Crippen molar-refractivity contribution in [3.63, 3.8) is 0 Å². The van der Waals surface area contributed by atoms with Crippen LogP contribution in [0.3, 0.4) is 0 Å². The number of nitrogens with one attached hydrogen (secondary N) is 2. The number of fused-ring (bicyclic) bond motifs is 2. The molecule has 1 aliphatic rings. The lowest BCUT2D eigenvalue weighted by Crippen LogP contribution is -2.15. The smallest absolute Gasteiger partial charge is 0.269 e. The van der Waals surface area contributed by atoms with Gasteiger partial charge in [-0.2, -0.15) is 0 Å². The molecule has 4 aromatic rings. The first-order chi connectivity index (χ1) is 15.1. The minimum atomic E-state index is -0.507. The number of nitro groups is 1. The fraction of sp³-hybridized carbons (Fsp3) is 0.0909. The van der Waals surface area contributed by atoms with Crippen molar-refractivity contribution in [3.8, 4) is 22.9 Å². The van der Waals surface area contributed by atoms with Crippen LogP contribution in [0, 0.1) is 10.1 Å². The van der Waals surface area contributed by atoms with E-state index in [0.29, 0.717) is 41.8 Å². The van der Waals surface area contributed by atoms with E-state index in [1.165, 1.54) is 24.3 Å². The lowest BCUT2D eigenvalue weighted by atomic mass is 10.1. The van der Waals surface area contributed by atoms with Gasteiger partial charge < -0.3 is 19.8 Å². The van der Waals surface area contributed by atoms with E-state index >= 15 is 0 Å². The van der Waals surface area contributed by atoms with E-state index in [2.05, 4.69) is 15.3 Å². The average molecular weight is 416 g/mol. The number of rotatable bonds is 4. The second-order valence-corrected chi connectivity index (χ2v) is 6.94. The molecule has 31 heavy (non-hydrogen) atoms. The number of hydrogen-bond acceptors (Lipinski definition) is 6. The summed E-state index contributed by atoms with van der Waals surface area (Å²) in [4.78, 5) is 30.7. The number of aromatic amines is 1. The van der Waals surface area contributed by atoms with Gasteiger partial charge >= 0.3 is 0 Å². The van der Waals surface area contributed by atoms with Crippen molar-refractivity contribution in [3.05, 3.63) is 76.3 Å². The fourth-order valence-electron chi connectivity index (χ4n) is 3.37. The predicted octanol–water partition coefficient (Wildman–Crippen LogP) is 4.16. The Morgan fingerprint density at radius 3 is 2.52 bits per heavy atom. The van der Waals surface area contributed by atoms with Gasteiger partial charge in [-0.15, -0.1) is 0 Å². The van der Waals surface area contributed by atoms with Crippen molar-refractivity contribution in [2.75, 3.05) is 18.5 Å². The van der Waals surface area contributed by atoms with Gasteiger partial charge in [0.05, 0.1) is 16.0 Å². The molecule has 3 aromatic carbocycles. The first-order valence-corrected chi connectivity index (χ1v) is 9.52. The molecule has 0 radical (unpaired) electrons. The summed E-state index contributed by atoms with van der Waals surface area (Å²) >= 11 is 0. The number of ether oxygens (including phenoxy) is 2. The van der Waals surface area contributed by atoms with E-state index in [1.54, 1.807) is 12.1 Å². The molecule has 1 amide bonds. The van der Waals surface area contributed by atoms with E-state index in [-0.39, 0.29) is 11.6 Å². The van der Waals surface area contributed by atoms with Crippen molar-refractivity contribution in [1.29, 1.82) is 0 Å². The zero-order chi connectivity index (χ0) is 21.4. The Balaban J connectivity index is 1.39. The first kappa shape index (κ1) is 18.6. The van der Waals surface area contributed by atoms with Crippen molar-refractivity contribution < 1.29 is 19.2 Å². The Morgan fingerprint density at radius 1 is 1.03 bits per heavy atom. The molecular formula is C22H16N4O5. The predicted molar refractivity (Wildman–Crippen MR) is 114 cm³/mol. The first-order valence-electron chi connectivity index (χ1n) is 9.52. The van der Waals surface area contributed by atoms with Crippen LogP contribution in [0.1, 0.15) is 10.4 Å². The summed E-state index contributed by atoms with van der Waals surface area (Å²) in [5, 5.41) is 13.6. The number of imidazole rings is 1. The minimum Gasteiger partial charge on any atom is -0.486 e. The molecule has 0 atom stereocenters. The maximum absolute atomic E-state index is 12.5. The van der Waals surface area contributed by atoms with Crippen LogP contribution in [0.15, 0.2) is 60.7 Å². The second-order valence-electron chi connectivity index (χ2n) is 6.94. The summed E-state index contributed by atoms with van der Waals surface area (Å²) in [5.74, 6) is 1.63. The monoisotopic (exact) mass is 416 g/mol. The van der Waals surface area contributed by atoms with Gasteiger partial charge in [-0.05, 0) is 24.3 Å². The zero-order valence-corrected chi connectivity index (χ0v) is 16.1. The third-order valence-corrected chi connectivity index (χ3v) is 4.88. The molecule has 0 fully saturated rings. The van der Waals surface area contributed by atoms with Gasteiger partial charge in [-0.3, -0.25) is 14.9 Å². The van der Waals surface area contributed by atoms with Crippen LogP contribution in [0.2, 0.25) is 0 Å². The van der Waals surface area contributed by atoms with Gasteiger partial charge in [0, 0.05) is 41.1 Å². The van der Waals surface area contributed by atoms with E-state index in [4.69, 9.17) is 9.47 Å². The lowest BCUT2D eigenvalue weighted by molar-refractivity contribution is -0.384. The largest absolute Gasteiger partial charge is 0.486 e.